The van der Waals surface area contributed by atoms with E-state index < -0.39 is 10.7 Å². The molecule has 2 rings (SSSR count). The van der Waals surface area contributed by atoms with E-state index in [0.717, 1.165) is 29.5 Å². The molecule has 0 amide bonds. The minimum absolute atomic E-state index is 0.199. The Balaban J connectivity index is 2.35. The zero-order chi connectivity index (χ0) is 13.1. The van der Waals surface area contributed by atoms with Gasteiger partial charge in [0.1, 0.15) is 11.6 Å². The fraction of sp³-hybridized carbons (Fsp3) is 0. The highest BCUT2D eigenvalue weighted by Crippen LogP contribution is 2.33. The van der Waals surface area contributed by atoms with Crippen LogP contribution in [0, 0.1) is 15.9 Å². The van der Waals surface area contributed by atoms with Crippen LogP contribution >= 0.6 is 11.3 Å². The molecule has 18 heavy (non-hydrogen) atoms. The van der Waals surface area contributed by atoms with E-state index in [1.807, 2.05) is 0 Å². The Morgan fingerprint density at radius 1 is 1.39 bits per heavy atom. The smallest absolute Gasteiger partial charge is 0.311 e. The van der Waals surface area contributed by atoms with Crippen molar-refractivity contribution in [2.75, 3.05) is 0 Å². The van der Waals surface area contributed by atoms with Crippen LogP contribution in [-0.4, -0.2) is 11.2 Å². The van der Waals surface area contributed by atoms with Gasteiger partial charge in [0.15, 0.2) is 6.29 Å². The van der Waals surface area contributed by atoms with Gasteiger partial charge in [0, 0.05) is 23.6 Å². The maximum absolute atomic E-state index is 13.0. The van der Waals surface area contributed by atoms with E-state index in [1.54, 1.807) is 0 Å². The summed E-state index contributed by atoms with van der Waals surface area (Å²) in [6.07, 6.45) is 0.636. The number of carbonyl (C=O) groups excluding carboxylic acids is 1. The summed E-state index contributed by atoms with van der Waals surface area (Å²) in [5, 5.41) is 12.2. The Morgan fingerprint density at radius 3 is 2.78 bits per heavy atom. The first kappa shape index (κ1) is 12.2. The SMILES string of the molecule is O=Cc1cc(Oc2cc(F)ccc2[N+](=O)[O-])cs1. The van der Waals surface area contributed by atoms with E-state index >= 15 is 0 Å². The molecule has 2 aromatic rings. The predicted octanol–water partition coefficient (Wildman–Crippen LogP) is 3.40. The molecule has 1 aromatic carbocycles. The molecule has 0 fully saturated rings. The van der Waals surface area contributed by atoms with Gasteiger partial charge < -0.3 is 4.74 Å². The monoisotopic (exact) mass is 267 g/mol. The quantitative estimate of drug-likeness (QED) is 0.483. The summed E-state index contributed by atoms with van der Waals surface area (Å²) < 4.78 is 18.2. The second-order valence-corrected chi connectivity index (χ2v) is 4.22. The zero-order valence-electron chi connectivity index (χ0n) is 8.83. The van der Waals surface area contributed by atoms with E-state index in [2.05, 4.69) is 0 Å². The van der Waals surface area contributed by atoms with Crippen LogP contribution in [0.15, 0.2) is 29.6 Å². The summed E-state index contributed by atoms with van der Waals surface area (Å²) in [4.78, 5) is 21.0. The highest BCUT2D eigenvalue weighted by molar-refractivity contribution is 7.11. The summed E-state index contributed by atoms with van der Waals surface area (Å²) in [5.74, 6) is -0.576. The number of nitrogens with zero attached hydrogens (tertiary/aromatic N) is 1. The van der Waals surface area contributed by atoms with Crippen molar-refractivity contribution in [3.8, 4) is 11.5 Å². The van der Waals surface area contributed by atoms with E-state index in [4.69, 9.17) is 4.74 Å². The number of rotatable bonds is 4. The fourth-order valence-electron chi connectivity index (χ4n) is 1.30. The molecular weight excluding hydrogens is 261 g/mol. The first-order valence-corrected chi connectivity index (χ1v) is 5.63. The lowest BCUT2D eigenvalue weighted by Crippen LogP contribution is -1.93. The number of ether oxygens (including phenoxy) is 1. The summed E-state index contributed by atoms with van der Waals surface area (Å²) in [6, 6.07) is 4.36. The van der Waals surface area contributed by atoms with Gasteiger partial charge >= 0.3 is 5.69 Å². The third kappa shape index (κ3) is 2.51. The van der Waals surface area contributed by atoms with Crippen LogP contribution < -0.4 is 4.74 Å². The predicted molar refractivity (Wildman–Crippen MR) is 62.8 cm³/mol. The van der Waals surface area contributed by atoms with Gasteiger partial charge in [0.05, 0.1) is 9.80 Å². The molecule has 92 valence electrons. The van der Waals surface area contributed by atoms with E-state index in [0.29, 0.717) is 11.2 Å². The van der Waals surface area contributed by atoms with Crippen molar-refractivity contribution in [3.63, 3.8) is 0 Å². The van der Waals surface area contributed by atoms with Gasteiger partial charge in [-0.05, 0) is 6.07 Å². The van der Waals surface area contributed by atoms with Crippen LogP contribution in [0.5, 0.6) is 11.5 Å². The number of carbonyl (C=O) groups is 1. The third-order valence-electron chi connectivity index (χ3n) is 2.06. The van der Waals surface area contributed by atoms with Gasteiger partial charge in [0.25, 0.3) is 0 Å². The molecule has 0 saturated carbocycles. The molecule has 0 N–H and O–H groups in total. The van der Waals surface area contributed by atoms with Crippen LogP contribution in [-0.2, 0) is 0 Å². The molecule has 0 aliphatic carbocycles. The standard InChI is InChI=1S/C11H6FNO4S/c12-7-1-2-10(13(15)16)11(3-7)17-8-4-9(5-14)18-6-8/h1-6H. The fourth-order valence-corrected chi connectivity index (χ4v) is 1.91. The minimum atomic E-state index is -0.665. The van der Waals surface area contributed by atoms with Gasteiger partial charge in [-0.2, -0.15) is 0 Å². The molecule has 0 radical (unpaired) electrons. The normalized spacial score (nSPS) is 10.1. The van der Waals surface area contributed by atoms with Crippen molar-refractivity contribution >= 4 is 23.3 Å². The van der Waals surface area contributed by atoms with Crippen LogP contribution in [0.4, 0.5) is 10.1 Å². The lowest BCUT2D eigenvalue weighted by atomic mass is 10.3. The molecule has 0 saturated heterocycles. The van der Waals surface area contributed by atoms with E-state index in [9.17, 15) is 19.3 Å². The van der Waals surface area contributed by atoms with Crippen LogP contribution in [0.25, 0.3) is 0 Å². The number of thiophene rings is 1. The van der Waals surface area contributed by atoms with Gasteiger partial charge in [-0.3, -0.25) is 14.9 Å². The number of benzene rings is 1. The summed E-state index contributed by atoms with van der Waals surface area (Å²) in [6.45, 7) is 0. The van der Waals surface area contributed by atoms with Crippen molar-refractivity contribution in [1.29, 1.82) is 0 Å². The van der Waals surface area contributed by atoms with Gasteiger partial charge in [-0.1, -0.05) is 0 Å². The zero-order valence-corrected chi connectivity index (χ0v) is 9.65. The maximum Gasteiger partial charge on any atom is 0.311 e. The molecule has 0 atom stereocenters. The number of hydrogen-bond donors (Lipinski definition) is 0. The first-order chi connectivity index (χ1) is 8.60. The molecule has 1 heterocycles. The lowest BCUT2D eigenvalue weighted by molar-refractivity contribution is -0.385. The Kier molecular flexibility index (Phi) is 3.33. The molecule has 0 aliphatic heterocycles. The highest BCUT2D eigenvalue weighted by Gasteiger charge is 2.17. The molecule has 0 spiro atoms. The largest absolute Gasteiger partial charge is 0.449 e. The Bertz CT molecular complexity index is 611. The van der Waals surface area contributed by atoms with Gasteiger partial charge in [0.2, 0.25) is 5.75 Å². The summed E-state index contributed by atoms with van der Waals surface area (Å²) in [5.41, 5.74) is -0.338. The van der Waals surface area contributed by atoms with Crippen LogP contribution in [0.2, 0.25) is 0 Å². The highest BCUT2D eigenvalue weighted by atomic mass is 32.1. The van der Waals surface area contributed by atoms with Gasteiger partial charge in [-0.25, -0.2) is 4.39 Å². The molecule has 1 aromatic heterocycles. The second-order valence-electron chi connectivity index (χ2n) is 3.27. The topological polar surface area (TPSA) is 69.4 Å². The molecule has 0 bridgehead atoms. The Labute approximate surface area is 105 Å². The van der Waals surface area contributed by atoms with Crippen molar-refractivity contribution in [2.24, 2.45) is 0 Å². The maximum atomic E-state index is 13.0. The number of halogens is 1. The van der Waals surface area contributed by atoms with Crippen LogP contribution in [0.1, 0.15) is 9.67 Å². The average molecular weight is 267 g/mol. The number of hydrogen-bond acceptors (Lipinski definition) is 5. The number of nitro benzene ring substituents is 1. The second kappa shape index (κ2) is 4.92. The van der Waals surface area contributed by atoms with E-state index in [-0.39, 0.29) is 17.2 Å². The van der Waals surface area contributed by atoms with E-state index in [1.165, 1.54) is 11.4 Å². The average Bonchev–Trinajstić information content (AvgIpc) is 2.76. The molecule has 0 unspecified atom stereocenters. The van der Waals surface area contributed by atoms with Crippen molar-refractivity contribution in [3.05, 3.63) is 50.5 Å². The van der Waals surface area contributed by atoms with Gasteiger partial charge in [-0.15, -0.1) is 11.3 Å². The Morgan fingerprint density at radius 2 is 2.17 bits per heavy atom. The van der Waals surface area contributed by atoms with Crippen molar-refractivity contribution in [1.82, 2.24) is 0 Å². The molecule has 0 aliphatic rings. The molecular formula is C11H6FNO4S. The first-order valence-electron chi connectivity index (χ1n) is 4.75. The van der Waals surface area contributed by atoms with Crippen LogP contribution in [0.3, 0.4) is 0 Å². The van der Waals surface area contributed by atoms with Crippen molar-refractivity contribution < 1.29 is 18.8 Å². The third-order valence-corrected chi connectivity index (χ3v) is 2.89. The van der Waals surface area contributed by atoms with Crippen molar-refractivity contribution in [2.45, 2.75) is 0 Å². The summed E-state index contributed by atoms with van der Waals surface area (Å²) >= 11 is 1.13. The summed E-state index contributed by atoms with van der Waals surface area (Å²) in [7, 11) is 0. The molecule has 5 nitrogen and oxygen atoms in total. The minimum Gasteiger partial charge on any atom is -0.449 e. The lowest BCUT2D eigenvalue weighted by Gasteiger charge is -2.03. The molecule has 7 heteroatoms. The Hall–Kier alpha value is -2.28. The number of aldehydes is 1. The number of nitro groups is 1.